The van der Waals surface area contributed by atoms with Crippen LogP contribution in [-0.2, 0) is 24.5 Å². The third-order valence-electron chi connectivity index (χ3n) is 10.8. The van der Waals surface area contributed by atoms with E-state index in [1.165, 1.54) is 16.3 Å². The molecule has 60 heavy (non-hydrogen) atoms. The molecule has 306 valence electrons. The van der Waals surface area contributed by atoms with E-state index in [4.69, 9.17) is 23.7 Å². The standard InChI is InChI=1S/C47H44N4O8S/c1-55-34-20-16-32(17-21-34)47(31-10-4-3-5-11-31,33-18-22-35(56-2)23-19-33)50-41-25-27-51(45(53)49-41)42-30-60-44(59-42)29-57-43(52)24-26-48-46(54)58-28-40-38-14-8-6-12-36(38)37-13-7-9-15-39(37)40/h3-23,25,27,40,42,44H,24,26,28-30H2,1-2H3,(H,48,54)(H,49,50,53)/t42-,44+/m0/s1. The second-order valence-electron chi connectivity index (χ2n) is 14.2. The maximum absolute atomic E-state index is 13.6. The van der Waals surface area contributed by atoms with Gasteiger partial charge in [0.05, 0.1) is 20.6 Å². The van der Waals surface area contributed by atoms with Crippen LogP contribution in [0.5, 0.6) is 11.5 Å². The van der Waals surface area contributed by atoms with Gasteiger partial charge in [-0.3, -0.25) is 9.36 Å². The second kappa shape index (κ2) is 18.1. The van der Waals surface area contributed by atoms with Gasteiger partial charge in [-0.2, -0.15) is 4.98 Å². The lowest BCUT2D eigenvalue weighted by molar-refractivity contribution is -0.146. The number of amides is 1. The molecule has 0 spiro atoms. The quantitative estimate of drug-likeness (QED) is 0.0778. The first-order valence-electron chi connectivity index (χ1n) is 19.6. The number of nitrogens with zero attached hydrogens (tertiary/aromatic N) is 2. The Hall–Kier alpha value is -6.57. The molecule has 2 N–H and O–H groups in total. The Labute approximate surface area is 351 Å². The Bertz CT molecular complexity index is 2400. The summed E-state index contributed by atoms with van der Waals surface area (Å²) in [6, 6.07) is 43.5. The van der Waals surface area contributed by atoms with Crippen molar-refractivity contribution in [2.45, 2.75) is 29.5 Å². The van der Waals surface area contributed by atoms with E-state index in [1.54, 1.807) is 26.5 Å². The summed E-state index contributed by atoms with van der Waals surface area (Å²) < 4.78 is 29.5. The minimum atomic E-state index is -0.967. The number of benzene rings is 5. The van der Waals surface area contributed by atoms with Crippen molar-refractivity contribution in [1.82, 2.24) is 14.9 Å². The van der Waals surface area contributed by atoms with Gasteiger partial charge in [0, 0.05) is 24.4 Å². The number of fused-ring (bicyclic) bond motifs is 3. The number of methoxy groups -OCH3 is 2. The van der Waals surface area contributed by atoms with Gasteiger partial charge in [0.2, 0.25) is 0 Å². The number of hydrogen-bond acceptors (Lipinski definition) is 11. The van der Waals surface area contributed by atoms with Gasteiger partial charge in [-0.25, -0.2) is 9.59 Å². The third-order valence-corrected chi connectivity index (χ3v) is 11.9. The van der Waals surface area contributed by atoms with Crippen LogP contribution in [0.4, 0.5) is 10.6 Å². The van der Waals surface area contributed by atoms with E-state index < -0.39 is 35.0 Å². The van der Waals surface area contributed by atoms with Crippen molar-refractivity contribution in [1.29, 1.82) is 0 Å². The molecule has 1 amide bonds. The Morgan fingerprint density at radius 2 is 1.33 bits per heavy atom. The summed E-state index contributed by atoms with van der Waals surface area (Å²) in [5, 5.41) is 6.27. The Morgan fingerprint density at radius 1 is 0.750 bits per heavy atom. The molecule has 1 aromatic heterocycles. The van der Waals surface area contributed by atoms with Crippen LogP contribution in [0.15, 0.2) is 144 Å². The summed E-state index contributed by atoms with van der Waals surface area (Å²) in [5.41, 5.74) is 5.28. The maximum Gasteiger partial charge on any atom is 0.407 e. The number of alkyl carbamates (subject to hydrolysis) is 1. The number of esters is 1. The number of hydrogen-bond donors (Lipinski definition) is 2. The summed E-state index contributed by atoms with van der Waals surface area (Å²) in [4.78, 5) is 43.2. The zero-order valence-electron chi connectivity index (χ0n) is 33.1. The molecule has 6 aromatic rings. The molecule has 0 unspecified atom stereocenters. The first kappa shape index (κ1) is 40.2. The minimum absolute atomic E-state index is 0.0178. The van der Waals surface area contributed by atoms with Crippen LogP contribution in [0.3, 0.4) is 0 Å². The van der Waals surface area contributed by atoms with Crippen molar-refractivity contribution < 1.29 is 33.3 Å². The van der Waals surface area contributed by atoms with Crippen molar-refractivity contribution in [3.63, 3.8) is 0 Å². The number of carbonyl (C=O) groups is 2. The van der Waals surface area contributed by atoms with Crippen LogP contribution in [0.2, 0.25) is 0 Å². The molecular formula is C47H44N4O8S. The molecule has 1 saturated heterocycles. The highest BCUT2D eigenvalue weighted by Gasteiger charge is 2.38. The van der Waals surface area contributed by atoms with Gasteiger partial charge < -0.3 is 34.3 Å². The molecule has 2 aliphatic rings. The van der Waals surface area contributed by atoms with Crippen LogP contribution in [0.25, 0.3) is 11.1 Å². The topological polar surface area (TPSA) is 139 Å². The van der Waals surface area contributed by atoms with Gasteiger partial charge in [0.1, 0.15) is 47.7 Å². The summed E-state index contributed by atoms with van der Waals surface area (Å²) in [5.74, 6) is 1.67. The molecule has 0 saturated carbocycles. The number of thioether (sulfide) groups is 1. The van der Waals surface area contributed by atoms with E-state index in [0.29, 0.717) is 23.1 Å². The molecule has 1 aliphatic heterocycles. The highest BCUT2D eigenvalue weighted by atomic mass is 32.2. The Balaban J connectivity index is 0.865. The average Bonchev–Trinajstić information content (AvgIpc) is 3.90. The molecule has 8 rings (SSSR count). The minimum Gasteiger partial charge on any atom is -0.497 e. The lowest BCUT2D eigenvalue weighted by Gasteiger charge is -2.37. The van der Waals surface area contributed by atoms with Gasteiger partial charge in [-0.05, 0) is 69.3 Å². The van der Waals surface area contributed by atoms with Crippen LogP contribution >= 0.6 is 11.8 Å². The summed E-state index contributed by atoms with van der Waals surface area (Å²) in [6.07, 6.45) is 0.393. The normalized spacial score (nSPS) is 15.7. The number of anilines is 1. The van der Waals surface area contributed by atoms with Crippen molar-refractivity contribution in [3.05, 3.63) is 178 Å². The molecule has 13 heteroatoms. The fourth-order valence-electron chi connectivity index (χ4n) is 7.81. The second-order valence-corrected chi connectivity index (χ2v) is 15.4. The molecule has 12 nitrogen and oxygen atoms in total. The van der Waals surface area contributed by atoms with Gasteiger partial charge >= 0.3 is 17.8 Å². The van der Waals surface area contributed by atoms with Crippen molar-refractivity contribution >= 4 is 29.6 Å². The number of nitrogens with one attached hydrogen (secondary N) is 2. The molecule has 1 aliphatic carbocycles. The summed E-state index contributed by atoms with van der Waals surface area (Å²) >= 11 is 1.43. The summed E-state index contributed by atoms with van der Waals surface area (Å²) in [7, 11) is 3.25. The molecule has 2 heterocycles. The monoisotopic (exact) mass is 824 g/mol. The molecule has 5 aromatic carbocycles. The average molecular weight is 825 g/mol. The first-order valence-corrected chi connectivity index (χ1v) is 20.6. The van der Waals surface area contributed by atoms with E-state index in [-0.39, 0.29) is 32.1 Å². The Morgan fingerprint density at radius 3 is 1.93 bits per heavy atom. The SMILES string of the molecule is COc1ccc(C(Nc2ccn([C@@H]3CS[C@H](COC(=O)CCNC(=O)OCC4c5ccccc5-c5ccccc54)O3)c(=O)n2)(c2ccccc2)c2ccc(OC)cc2)cc1. The molecule has 1 fully saturated rings. The van der Waals surface area contributed by atoms with Crippen molar-refractivity contribution in [3.8, 4) is 22.6 Å². The fraction of sp³-hybridized carbons (Fsp3) is 0.234. The molecule has 2 atom stereocenters. The number of carbonyl (C=O) groups excluding carboxylic acids is 2. The fourth-order valence-corrected chi connectivity index (χ4v) is 8.80. The molecule has 0 radical (unpaired) electrons. The summed E-state index contributed by atoms with van der Waals surface area (Å²) in [6.45, 7) is 0.220. The van der Waals surface area contributed by atoms with Gasteiger partial charge in [-0.15, -0.1) is 11.8 Å². The first-order chi connectivity index (χ1) is 29.4. The van der Waals surface area contributed by atoms with E-state index in [1.807, 2.05) is 103 Å². The third kappa shape index (κ3) is 8.45. The Kier molecular flexibility index (Phi) is 12.2. The molecular weight excluding hydrogens is 781 g/mol. The predicted octanol–water partition coefficient (Wildman–Crippen LogP) is 7.72. The highest BCUT2D eigenvalue weighted by molar-refractivity contribution is 8.00. The van der Waals surface area contributed by atoms with Crippen LogP contribution in [-0.4, -0.2) is 66.8 Å². The number of ether oxygens (including phenoxy) is 5. The van der Waals surface area contributed by atoms with E-state index in [9.17, 15) is 14.4 Å². The lowest BCUT2D eigenvalue weighted by Crippen LogP contribution is -2.39. The maximum atomic E-state index is 13.6. The number of aromatic nitrogens is 2. The van der Waals surface area contributed by atoms with E-state index in [0.717, 1.165) is 38.9 Å². The zero-order chi connectivity index (χ0) is 41.5. The van der Waals surface area contributed by atoms with Crippen molar-refractivity contribution in [2.24, 2.45) is 0 Å². The largest absolute Gasteiger partial charge is 0.497 e. The predicted molar refractivity (Wildman–Crippen MR) is 229 cm³/mol. The van der Waals surface area contributed by atoms with E-state index >= 15 is 0 Å². The zero-order valence-corrected chi connectivity index (χ0v) is 33.9. The van der Waals surface area contributed by atoms with Gasteiger partial charge in [0.15, 0.2) is 0 Å². The van der Waals surface area contributed by atoms with Gasteiger partial charge in [0.25, 0.3) is 0 Å². The van der Waals surface area contributed by atoms with Crippen LogP contribution in [0, 0.1) is 0 Å². The van der Waals surface area contributed by atoms with Crippen LogP contribution in [0.1, 0.15) is 46.4 Å². The smallest absolute Gasteiger partial charge is 0.407 e. The molecule has 0 bridgehead atoms. The highest BCUT2D eigenvalue weighted by Crippen LogP contribution is 2.45. The lowest BCUT2D eigenvalue weighted by atomic mass is 9.77. The number of rotatable bonds is 15. The van der Waals surface area contributed by atoms with Gasteiger partial charge in [-0.1, -0.05) is 103 Å². The van der Waals surface area contributed by atoms with Crippen molar-refractivity contribution in [2.75, 3.05) is 45.0 Å². The van der Waals surface area contributed by atoms with E-state index in [2.05, 4.69) is 39.9 Å². The van der Waals surface area contributed by atoms with Crippen LogP contribution < -0.4 is 25.8 Å².